The van der Waals surface area contributed by atoms with Crippen LogP contribution in [0.15, 0.2) is 18.2 Å². The van der Waals surface area contributed by atoms with Crippen molar-refractivity contribution in [1.29, 1.82) is 0 Å². The Kier molecular flexibility index (Phi) is 4.88. The molecule has 0 radical (unpaired) electrons. The second-order valence-electron chi connectivity index (χ2n) is 5.21. The number of rotatable bonds is 7. The fraction of sp³-hybridized carbons (Fsp3) is 0.467. The van der Waals surface area contributed by atoms with E-state index in [1.54, 1.807) is 4.90 Å². The van der Waals surface area contributed by atoms with Gasteiger partial charge in [-0.1, -0.05) is 6.07 Å². The second kappa shape index (κ2) is 6.65. The standard InChI is InChI=1S/C15H17F2NO3/c16-12-5-1-10(9-13(12)17)2-6-14(19)18(11-3-4-11)8-7-15(20)21/h1,5,9,11H,2-4,6-8H2,(H,20,21). The number of halogens is 2. The molecule has 0 aromatic heterocycles. The zero-order valence-corrected chi connectivity index (χ0v) is 11.5. The number of nitrogens with zero attached hydrogens (tertiary/aromatic N) is 1. The summed E-state index contributed by atoms with van der Waals surface area (Å²) >= 11 is 0. The molecule has 114 valence electrons. The topological polar surface area (TPSA) is 57.6 Å². The van der Waals surface area contributed by atoms with Crippen molar-refractivity contribution >= 4 is 11.9 Å². The third-order valence-corrected chi connectivity index (χ3v) is 3.49. The van der Waals surface area contributed by atoms with E-state index >= 15 is 0 Å². The van der Waals surface area contributed by atoms with E-state index in [0.717, 1.165) is 25.0 Å². The Balaban J connectivity index is 1.89. The molecule has 0 saturated heterocycles. The Bertz CT molecular complexity index is 544. The number of carbonyl (C=O) groups is 2. The van der Waals surface area contributed by atoms with E-state index in [4.69, 9.17) is 5.11 Å². The van der Waals surface area contributed by atoms with Crippen LogP contribution >= 0.6 is 0 Å². The van der Waals surface area contributed by atoms with Crippen LogP contribution in [0.3, 0.4) is 0 Å². The average Bonchev–Trinajstić information content (AvgIpc) is 3.24. The summed E-state index contributed by atoms with van der Waals surface area (Å²) < 4.78 is 25.9. The minimum Gasteiger partial charge on any atom is -0.481 e. The largest absolute Gasteiger partial charge is 0.481 e. The number of aryl methyl sites for hydroxylation is 1. The van der Waals surface area contributed by atoms with Crippen molar-refractivity contribution in [3.63, 3.8) is 0 Å². The van der Waals surface area contributed by atoms with Gasteiger partial charge in [0.2, 0.25) is 5.91 Å². The molecular formula is C15H17F2NO3. The molecule has 6 heteroatoms. The third kappa shape index (κ3) is 4.51. The van der Waals surface area contributed by atoms with Crippen molar-refractivity contribution in [2.24, 2.45) is 0 Å². The van der Waals surface area contributed by atoms with Crippen LogP contribution in [0.25, 0.3) is 0 Å². The van der Waals surface area contributed by atoms with Gasteiger partial charge in [-0.3, -0.25) is 9.59 Å². The van der Waals surface area contributed by atoms with Crippen molar-refractivity contribution in [3.05, 3.63) is 35.4 Å². The van der Waals surface area contributed by atoms with Gasteiger partial charge in [0.15, 0.2) is 11.6 Å². The van der Waals surface area contributed by atoms with Gasteiger partial charge in [-0.25, -0.2) is 8.78 Å². The Labute approximate surface area is 121 Å². The fourth-order valence-electron chi connectivity index (χ4n) is 2.20. The summed E-state index contributed by atoms with van der Waals surface area (Å²) in [5, 5.41) is 8.70. The number of benzene rings is 1. The van der Waals surface area contributed by atoms with Crippen LogP contribution in [-0.2, 0) is 16.0 Å². The molecule has 0 heterocycles. The lowest BCUT2D eigenvalue weighted by molar-refractivity contribution is -0.138. The van der Waals surface area contributed by atoms with Crippen LogP contribution in [0.1, 0.15) is 31.2 Å². The number of hydrogen-bond acceptors (Lipinski definition) is 2. The Morgan fingerprint density at radius 3 is 2.48 bits per heavy atom. The predicted octanol–water partition coefficient (Wildman–Crippen LogP) is 2.36. The monoisotopic (exact) mass is 297 g/mol. The van der Waals surface area contributed by atoms with Crippen LogP contribution < -0.4 is 0 Å². The minimum absolute atomic E-state index is 0.0760. The van der Waals surface area contributed by atoms with Gasteiger partial charge in [0.1, 0.15) is 0 Å². The maximum atomic E-state index is 13.1. The molecule has 1 aliphatic carbocycles. The first kappa shape index (κ1) is 15.4. The van der Waals surface area contributed by atoms with Gasteiger partial charge in [0.05, 0.1) is 6.42 Å². The molecule has 0 spiro atoms. The van der Waals surface area contributed by atoms with Crippen LogP contribution in [0.2, 0.25) is 0 Å². The Morgan fingerprint density at radius 1 is 1.19 bits per heavy atom. The molecule has 0 unspecified atom stereocenters. The van der Waals surface area contributed by atoms with Crippen molar-refractivity contribution in [1.82, 2.24) is 4.90 Å². The summed E-state index contributed by atoms with van der Waals surface area (Å²) in [5.41, 5.74) is 0.552. The van der Waals surface area contributed by atoms with Crippen LogP contribution in [0.5, 0.6) is 0 Å². The molecule has 1 aromatic rings. The first-order valence-electron chi connectivity index (χ1n) is 6.92. The van der Waals surface area contributed by atoms with Crippen molar-refractivity contribution < 1.29 is 23.5 Å². The van der Waals surface area contributed by atoms with E-state index in [2.05, 4.69) is 0 Å². The predicted molar refractivity (Wildman–Crippen MR) is 71.7 cm³/mol. The average molecular weight is 297 g/mol. The molecule has 1 aromatic carbocycles. The third-order valence-electron chi connectivity index (χ3n) is 3.49. The summed E-state index contributed by atoms with van der Waals surface area (Å²) in [6.07, 6.45) is 2.20. The van der Waals surface area contributed by atoms with E-state index in [1.165, 1.54) is 6.07 Å². The maximum Gasteiger partial charge on any atom is 0.305 e. The van der Waals surface area contributed by atoms with Gasteiger partial charge in [0, 0.05) is 19.0 Å². The van der Waals surface area contributed by atoms with Crippen LogP contribution in [0.4, 0.5) is 8.78 Å². The number of carboxylic acid groups (broad SMARTS) is 1. The lowest BCUT2D eigenvalue weighted by Crippen LogP contribution is -2.35. The molecule has 0 aliphatic heterocycles. The summed E-state index contributed by atoms with van der Waals surface area (Å²) in [6, 6.07) is 3.71. The smallest absolute Gasteiger partial charge is 0.305 e. The summed E-state index contributed by atoms with van der Waals surface area (Å²) in [5.74, 6) is -2.91. The summed E-state index contributed by atoms with van der Waals surface area (Å²) in [4.78, 5) is 24.3. The molecule has 0 bridgehead atoms. The van der Waals surface area contributed by atoms with E-state index in [9.17, 15) is 18.4 Å². The first-order valence-corrected chi connectivity index (χ1v) is 6.92. The highest BCUT2D eigenvalue weighted by Gasteiger charge is 2.32. The van der Waals surface area contributed by atoms with Crippen LogP contribution in [-0.4, -0.2) is 34.5 Å². The molecule has 0 atom stereocenters. The maximum absolute atomic E-state index is 13.1. The molecular weight excluding hydrogens is 280 g/mol. The molecule has 4 nitrogen and oxygen atoms in total. The highest BCUT2D eigenvalue weighted by atomic mass is 19.2. The van der Waals surface area contributed by atoms with Crippen molar-refractivity contribution in [2.45, 2.75) is 38.1 Å². The molecule has 1 saturated carbocycles. The Hall–Kier alpha value is -1.98. The van der Waals surface area contributed by atoms with E-state index in [0.29, 0.717) is 12.0 Å². The number of carboxylic acids is 1. The fourth-order valence-corrected chi connectivity index (χ4v) is 2.20. The SMILES string of the molecule is O=C(O)CCN(C(=O)CCc1ccc(F)c(F)c1)C1CC1. The number of hydrogen-bond donors (Lipinski definition) is 1. The molecule has 1 fully saturated rings. The van der Waals surface area contributed by atoms with Crippen molar-refractivity contribution in [2.75, 3.05) is 6.54 Å². The molecule has 2 rings (SSSR count). The minimum atomic E-state index is -0.936. The zero-order chi connectivity index (χ0) is 15.4. The zero-order valence-electron chi connectivity index (χ0n) is 11.5. The summed E-state index contributed by atoms with van der Waals surface area (Å²) in [6.45, 7) is 0.205. The van der Waals surface area contributed by atoms with Gasteiger partial charge >= 0.3 is 5.97 Å². The summed E-state index contributed by atoms with van der Waals surface area (Å²) in [7, 11) is 0. The lowest BCUT2D eigenvalue weighted by atomic mass is 10.1. The first-order chi connectivity index (χ1) is 9.97. The van der Waals surface area contributed by atoms with Gasteiger partial charge in [0.25, 0.3) is 0 Å². The molecule has 21 heavy (non-hydrogen) atoms. The second-order valence-corrected chi connectivity index (χ2v) is 5.21. The number of amides is 1. The lowest BCUT2D eigenvalue weighted by Gasteiger charge is -2.21. The highest BCUT2D eigenvalue weighted by Crippen LogP contribution is 2.27. The van der Waals surface area contributed by atoms with Crippen molar-refractivity contribution in [3.8, 4) is 0 Å². The molecule has 1 N–H and O–H groups in total. The molecule has 1 amide bonds. The van der Waals surface area contributed by atoms with E-state index < -0.39 is 17.6 Å². The van der Waals surface area contributed by atoms with Gasteiger partial charge in [-0.05, 0) is 37.0 Å². The number of aliphatic carboxylic acids is 1. The van der Waals surface area contributed by atoms with Gasteiger partial charge < -0.3 is 10.0 Å². The van der Waals surface area contributed by atoms with E-state index in [1.807, 2.05) is 0 Å². The normalized spacial score (nSPS) is 14.0. The quantitative estimate of drug-likeness (QED) is 0.840. The number of carbonyl (C=O) groups excluding carboxylic acids is 1. The van der Waals surface area contributed by atoms with E-state index in [-0.39, 0.29) is 31.3 Å². The van der Waals surface area contributed by atoms with Gasteiger partial charge in [-0.2, -0.15) is 0 Å². The van der Waals surface area contributed by atoms with Crippen LogP contribution in [0, 0.1) is 11.6 Å². The molecule has 1 aliphatic rings. The Morgan fingerprint density at radius 2 is 1.90 bits per heavy atom. The van der Waals surface area contributed by atoms with Gasteiger partial charge in [-0.15, -0.1) is 0 Å². The highest BCUT2D eigenvalue weighted by molar-refractivity contribution is 5.78.